The Kier molecular flexibility index (Phi) is 6.70. The zero-order chi connectivity index (χ0) is 17.5. The van der Waals surface area contributed by atoms with Crippen LogP contribution < -0.4 is 0 Å². The normalized spacial score (nSPS) is 22.8. The van der Waals surface area contributed by atoms with Gasteiger partial charge in [-0.1, -0.05) is 30.3 Å². The largest absolute Gasteiger partial charge is 0.450 e. The topological polar surface area (TPSA) is 42.0 Å². The van der Waals surface area contributed by atoms with Crippen LogP contribution in [0.2, 0.25) is 0 Å². The lowest BCUT2D eigenvalue weighted by atomic mass is 10.0. The molecule has 1 aromatic carbocycles. The third-order valence-electron chi connectivity index (χ3n) is 5.27. The van der Waals surface area contributed by atoms with E-state index in [1.807, 2.05) is 11.8 Å². The molecular weight excluding hydrogens is 316 g/mol. The second kappa shape index (κ2) is 9.20. The molecule has 0 spiro atoms. The number of hydrogen-bond acceptors (Lipinski definition) is 4. The lowest BCUT2D eigenvalue weighted by Crippen LogP contribution is -2.52. The van der Waals surface area contributed by atoms with E-state index in [1.54, 1.807) is 0 Å². The van der Waals surface area contributed by atoms with Crippen LogP contribution in [0.5, 0.6) is 0 Å². The minimum Gasteiger partial charge on any atom is -0.450 e. The molecule has 5 nitrogen and oxygen atoms in total. The molecule has 3 rings (SSSR count). The molecule has 0 radical (unpaired) electrons. The average molecular weight is 346 g/mol. The zero-order valence-electron chi connectivity index (χ0n) is 15.2. The van der Waals surface area contributed by atoms with Crippen molar-refractivity contribution < 1.29 is 14.3 Å². The van der Waals surface area contributed by atoms with E-state index >= 15 is 0 Å². The lowest BCUT2D eigenvalue weighted by molar-refractivity contribution is -0.0540. The highest BCUT2D eigenvalue weighted by Gasteiger charge is 2.30. The summed E-state index contributed by atoms with van der Waals surface area (Å²) in [6, 6.07) is 11.2. The van der Waals surface area contributed by atoms with Gasteiger partial charge in [0.2, 0.25) is 0 Å². The third kappa shape index (κ3) is 5.19. The number of piperidine rings is 1. The van der Waals surface area contributed by atoms with Crippen LogP contribution in [0.25, 0.3) is 0 Å². The molecule has 2 saturated heterocycles. The summed E-state index contributed by atoms with van der Waals surface area (Å²) in [5.41, 5.74) is 1.38. The van der Waals surface area contributed by atoms with Crippen molar-refractivity contribution in [3.8, 4) is 0 Å². The fraction of sp³-hybridized carbons (Fsp3) is 0.650. The van der Waals surface area contributed by atoms with Crippen molar-refractivity contribution in [1.29, 1.82) is 0 Å². The van der Waals surface area contributed by atoms with Gasteiger partial charge in [-0.15, -0.1) is 0 Å². The van der Waals surface area contributed by atoms with Gasteiger partial charge < -0.3 is 14.4 Å². The van der Waals surface area contributed by atoms with Crippen molar-refractivity contribution in [1.82, 2.24) is 9.80 Å². The fourth-order valence-corrected chi connectivity index (χ4v) is 3.85. The van der Waals surface area contributed by atoms with Crippen LogP contribution in [-0.2, 0) is 15.9 Å². The number of ether oxygens (including phenoxy) is 2. The average Bonchev–Trinajstić information content (AvgIpc) is 2.68. The van der Waals surface area contributed by atoms with E-state index in [0.29, 0.717) is 18.8 Å². The summed E-state index contributed by atoms with van der Waals surface area (Å²) in [6.07, 6.45) is 4.36. The molecule has 138 valence electrons. The van der Waals surface area contributed by atoms with Gasteiger partial charge in [0.15, 0.2) is 0 Å². The number of amides is 1. The SMILES string of the molecule is CCOC(=O)N1CCC(N2CCO[C@@H](CCc3ccccc3)C2)CC1. The van der Waals surface area contributed by atoms with E-state index < -0.39 is 0 Å². The number of carbonyl (C=O) groups is 1. The van der Waals surface area contributed by atoms with Crippen molar-refractivity contribution in [2.75, 3.05) is 39.4 Å². The molecule has 1 atom stereocenters. The second-order valence-electron chi connectivity index (χ2n) is 6.93. The van der Waals surface area contributed by atoms with Gasteiger partial charge in [-0.25, -0.2) is 4.79 Å². The number of aryl methyl sites for hydroxylation is 1. The molecule has 0 N–H and O–H groups in total. The van der Waals surface area contributed by atoms with Crippen LogP contribution in [0.3, 0.4) is 0 Å². The summed E-state index contributed by atoms with van der Waals surface area (Å²) in [5, 5.41) is 0. The summed E-state index contributed by atoms with van der Waals surface area (Å²) in [6.45, 7) is 6.74. The molecule has 0 saturated carbocycles. The molecule has 2 aliphatic rings. The second-order valence-corrected chi connectivity index (χ2v) is 6.93. The molecule has 1 aromatic rings. The number of hydrogen-bond donors (Lipinski definition) is 0. The van der Waals surface area contributed by atoms with E-state index in [1.165, 1.54) is 5.56 Å². The quantitative estimate of drug-likeness (QED) is 0.822. The highest BCUT2D eigenvalue weighted by atomic mass is 16.6. The maximum atomic E-state index is 11.8. The molecule has 0 aromatic heterocycles. The summed E-state index contributed by atoms with van der Waals surface area (Å²) in [7, 11) is 0. The molecule has 0 unspecified atom stereocenters. The number of carbonyl (C=O) groups excluding carboxylic acids is 1. The summed E-state index contributed by atoms with van der Waals surface area (Å²) >= 11 is 0. The number of likely N-dealkylation sites (tertiary alicyclic amines) is 1. The molecule has 2 aliphatic heterocycles. The minimum absolute atomic E-state index is 0.163. The number of nitrogens with zero attached hydrogens (tertiary/aromatic N) is 2. The van der Waals surface area contributed by atoms with Crippen LogP contribution in [-0.4, -0.2) is 67.4 Å². The van der Waals surface area contributed by atoms with E-state index in [4.69, 9.17) is 9.47 Å². The molecule has 0 bridgehead atoms. The Balaban J connectivity index is 1.43. The summed E-state index contributed by atoms with van der Waals surface area (Å²) in [4.78, 5) is 16.2. The highest BCUT2D eigenvalue weighted by molar-refractivity contribution is 5.67. The van der Waals surface area contributed by atoms with E-state index in [-0.39, 0.29) is 6.09 Å². The van der Waals surface area contributed by atoms with Gasteiger partial charge in [-0.05, 0) is 38.2 Å². The molecular formula is C20H30N2O3. The van der Waals surface area contributed by atoms with Crippen LogP contribution in [0.15, 0.2) is 30.3 Å². The Bertz CT molecular complexity index is 529. The summed E-state index contributed by atoms with van der Waals surface area (Å²) in [5.74, 6) is 0. The van der Waals surface area contributed by atoms with Crippen molar-refractivity contribution in [3.63, 3.8) is 0 Å². The van der Waals surface area contributed by atoms with Crippen LogP contribution in [0, 0.1) is 0 Å². The highest BCUT2D eigenvalue weighted by Crippen LogP contribution is 2.21. The van der Waals surface area contributed by atoms with Crippen molar-refractivity contribution >= 4 is 6.09 Å². The van der Waals surface area contributed by atoms with Crippen molar-refractivity contribution in [2.24, 2.45) is 0 Å². The van der Waals surface area contributed by atoms with Gasteiger partial charge in [0.25, 0.3) is 0 Å². The Labute approximate surface area is 150 Å². The third-order valence-corrected chi connectivity index (χ3v) is 5.27. The smallest absolute Gasteiger partial charge is 0.409 e. The molecule has 2 fully saturated rings. The maximum Gasteiger partial charge on any atom is 0.409 e. The molecule has 0 aliphatic carbocycles. The van der Waals surface area contributed by atoms with E-state index in [9.17, 15) is 4.79 Å². The maximum absolute atomic E-state index is 11.8. The Morgan fingerprint density at radius 1 is 1.20 bits per heavy atom. The molecule has 5 heteroatoms. The number of morpholine rings is 1. The number of benzene rings is 1. The van der Waals surface area contributed by atoms with Gasteiger partial charge in [0, 0.05) is 32.2 Å². The standard InChI is InChI=1S/C20H30N2O3/c1-2-24-20(23)21-12-10-18(11-13-21)22-14-15-25-19(16-22)9-8-17-6-4-3-5-7-17/h3-7,18-19H,2,8-16H2,1H3/t19-/m0/s1. The first-order valence-corrected chi connectivity index (χ1v) is 9.57. The first kappa shape index (κ1) is 18.2. The number of rotatable bonds is 5. The fourth-order valence-electron chi connectivity index (χ4n) is 3.85. The Morgan fingerprint density at radius 2 is 1.96 bits per heavy atom. The monoisotopic (exact) mass is 346 g/mol. The van der Waals surface area contributed by atoms with Gasteiger partial charge in [-0.3, -0.25) is 4.90 Å². The summed E-state index contributed by atoms with van der Waals surface area (Å²) < 4.78 is 11.1. The molecule has 25 heavy (non-hydrogen) atoms. The molecule has 2 heterocycles. The Morgan fingerprint density at radius 3 is 2.68 bits per heavy atom. The molecule has 1 amide bonds. The Hall–Kier alpha value is -1.59. The zero-order valence-corrected chi connectivity index (χ0v) is 15.2. The van der Waals surface area contributed by atoms with Gasteiger partial charge in [0.1, 0.15) is 0 Å². The predicted molar refractivity (Wildman–Crippen MR) is 97.7 cm³/mol. The van der Waals surface area contributed by atoms with E-state index in [2.05, 4.69) is 35.2 Å². The van der Waals surface area contributed by atoms with Crippen LogP contribution in [0.1, 0.15) is 31.7 Å². The first-order valence-electron chi connectivity index (χ1n) is 9.57. The van der Waals surface area contributed by atoms with Crippen molar-refractivity contribution in [3.05, 3.63) is 35.9 Å². The first-order chi connectivity index (χ1) is 12.3. The van der Waals surface area contributed by atoms with Gasteiger partial charge in [-0.2, -0.15) is 0 Å². The van der Waals surface area contributed by atoms with E-state index in [0.717, 1.165) is 58.5 Å². The minimum atomic E-state index is -0.163. The van der Waals surface area contributed by atoms with Gasteiger partial charge >= 0.3 is 6.09 Å². The van der Waals surface area contributed by atoms with Crippen LogP contribution in [0.4, 0.5) is 4.79 Å². The van der Waals surface area contributed by atoms with Crippen molar-refractivity contribution in [2.45, 2.75) is 44.8 Å². The lowest BCUT2D eigenvalue weighted by Gasteiger charge is -2.42. The van der Waals surface area contributed by atoms with Crippen LogP contribution >= 0.6 is 0 Å². The predicted octanol–water partition coefficient (Wildman–Crippen LogP) is 2.94. The van der Waals surface area contributed by atoms with Gasteiger partial charge in [0.05, 0.1) is 19.3 Å².